The van der Waals surface area contributed by atoms with Gasteiger partial charge in [0.1, 0.15) is 0 Å². The van der Waals surface area contributed by atoms with Crippen molar-refractivity contribution in [2.75, 3.05) is 19.3 Å². The number of amides is 1. The molecule has 1 aromatic rings. The highest BCUT2D eigenvalue weighted by Crippen LogP contribution is 2.22. The van der Waals surface area contributed by atoms with Crippen molar-refractivity contribution in [1.82, 2.24) is 9.73 Å². The van der Waals surface area contributed by atoms with Crippen LogP contribution in [0.4, 0.5) is 0 Å². The molecule has 1 atom stereocenters. The van der Waals surface area contributed by atoms with Crippen LogP contribution in [-0.4, -0.2) is 44.2 Å². The average Bonchev–Trinajstić information content (AvgIpc) is 2.54. The van der Waals surface area contributed by atoms with Crippen LogP contribution in [0.3, 0.4) is 0 Å². The second kappa shape index (κ2) is 7.66. The minimum atomic E-state index is -3.26. The number of carbonyl (C=O) groups excluding carboxylic acids is 1. The smallest absolute Gasteiger partial charge is 0.244 e. The van der Waals surface area contributed by atoms with Gasteiger partial charge in [-0.05, 0) is 29.4 Å². The molecule has 1 fully saturated rings. The van der Waals surface area contributed by atoms with Crippen LogP contribution in [0, 0.1) is 5.92 Å². The van der Waals surface area contributed by atoms with Crippen molar-refractivity contribution >= 4 is 22.1 Å². The fourth-order valence-corrected chi connectivity index (χ4v) is 3.70. The summed E-state index contributed by atoms with van der Waals surface area (Å²) in [5.74, 6) is -0.597. The maximum absolute atomic E-state index is 12.2. The van der Waals surface area contributed by atoms with E-state index in [1.54, 1.807) is 6.21 Å². The largest absolute Gasteiger partial charge is 0.273 e. The molecule has 0 spiro atoms. The summed E-state index contributed by atoms with van der Waals surface area (Å²) < 4.78 is 24.6. The zero-order chi connectivity index (χ0) is 18.7. The van der Waals surface area contributed by atoms with Crippen molar-refractivity contribution in [1.29, 1.82) is 0 Å². The minimum absolute atomic E-state index is 0.0936. The lowest BCUT2D eigenvalue weighted by molar-refractivity contribution is -0.126. The van der Waals surface area contributed by atoms with Gasteiger partial charge >= 0.3 is 0 Å². The summed E-state index contributed by atoms with van der Waals surface area (Å²) in [5, 5.41) is 4.00. The summed E-state index contributed by atoms with van der Waals surface area (Å²) in [6.45, 7) is 7.16. The zero-order valence-corrected chi connectivity index (χ0v) is 16.1. The maximum atomic E-state index is 12.2. The topological polar surface area (TPSA) is 78.8 Å². The summed E-state index contributed by atoms with van der Waals surface area (Å²) in [6.07, 6.45) is 4.13. The SMILES string of the molecule is CC(C)(C)c1ccc(/C=N\NC(=O)[C@@H]2CCCN(S(C)(=O)=O)C2)cc1. The molecule has 0 aromatic heterocycles. The van der Waals surface area contributed by atoms with E-state index < -0.39 is 10.0 Å². The highest BCUT2D eigenvalue weighted by atomic mass is 32.2. The van der Waals surface area contributed by atoms with Gasteiger partial charge in [-0.1, -0.05) is 45.0 Å². The molecule has 6 nitrogen and oxygen atoms in total. The first-order valence-corrected chi connectivity index (χ1v) is 10.3. The molecule has 7 heteroatoms. The Bertz CT molecular complexity index is 734. The van der Waals surface area contributed by atoms with E-state index >= 15 is 0 Å². The molecular formula is C18H27N3O3S. The van der Waals surface area contributed by atoms with Crippen LogP contribution in [0.25, 0.3) is 0 Å². The van der Waals surface area contributed by atoms with Crippen molar-refractivity contribution in [3.8, 4) is 0 Å². The number of rotatable bonds is 4. The number of nitrogens with one attached hydrogen (secondary N) is 1. The van der Waals surface area contributed by atoms with Crippen LogP contribution >= 0.6 is 0 Å². The number of hydrogen-bond acceptors (Lipinski definition) is 4. The Morgan fingerprint density at radius 2 is 1.92 bits per heavy atom. The molecule has 1 aliphatic heterocycles. The van der Waals surface area contributed by atoms with E-state index in [4.69, 9.17) is 0 Å². The first-order valence-electron chi connectivity index (χ1n) is 8.46. The van der Waals surface area contributed by atoms with Crippen LogP contribution < -0.4 is 5.43 Å². The van der Waals surface area contributed by atoms with Crippen molar-refractivity contribution in [3.63, 3.8) is 0 Å². The lowest BCUT2D eigenvalue weighted by Crippen LogP contribution is -2.44. The Kier molecular flexibility index (Phi) is 6.00. The Morgan fingerprint density at radius 1 is 1.28 bits per heavy atom. The molecule has 2 rings (SSSR count). The van der Waals surface area contributed by atoms with Gasteiger partial charge in [-0.15, -0.1) is 0 Å². The zero-order valence-electron chi connectivity index (χ0n) is 15.3. The monoisotopic (exact) mass is 365 g/mol. The number of carbonyl (C=O) groups is 1. The fraction of sp³-hybridized carbons (Fsp3) is 0.556. The van der Waals surface area contributed by atoms with Crippen molar-refractivity contribution in [2.45, 2.75) is 39.0 Å². The third kappa shape index (κ3) is 5.64. The van der Waals surface area contributed by atoms with E-state index in [1.165, 1.54) is 16.1 Å². The maximum Gasteiger partial charge on any atom is 0.244 e. The third-order valence-electron chi connectivity index (χ3n) is 4.39. The van der Waals surface area contributed by atoms with Crippen LogP contribution in [-0.2, 0) is 20.2 Å². The Hall–Kier alpha value is -1.73. The van der Waals surface area contributed by atoms with E-state index in [1.807, 2.05) is 24.3 Å². The van der Waals surface area contributed by atoms with Gasteiger partial charge in [0, 0.05) is 13.1 Å². The number of benzene rings is 1. The molecule has 0 bridgehead atoms. The standard InChI is InChI=1S/C18H27N3O3S/c1-18(2,3)16-9-7-14(8-10-16)12-19-20-17(22)15-6-5-11-21(13-15)25(4,23)24/h7-10,12,15H,5-6,11,13H2,1-4H3,(H,20,22)/b19-12-/t15-/m1/s1. The molecule has 1 aliphatic rings. The van der Waals surface area contributed by atoms with Gasteiger partial charge in [0.25, 0.3) is 0 Å². The highest BCUT2D eigenvalue weighted by Gasteiger charge is 2.29. The van der Waals surface area contributed by atoms with Crippen molar-refractivity contribution < 1.29 is 13.2 Å². The molecular weight excluding hydrogens is 338 g/mol. The van der Waals surface area contributed by atoms with Gasteiger partial charge in [-0.2, -0.15) is 5.10 Å². The minimum Gasteiger partial charge on any atom is -0.273 e. The van der Waals surface area contributed by atoms with Crippen LogP contribution in [0.15, 0.2) is 29.4 Å². The van der Waals surface area contributed by atoms with E-state index in [0.29, 0.717) is 19.4 Å². The molecule has 0 radical (unpaired) electrons. The Morgan fingerprint density at radius 3 is 2.48 bits per heavy atom. The molecule has 1 N–H and O–H groups in total. The summed E-state index contributed by atoms with van der Waals surface area (Å²) in [5.41, 5.74) is 4.75. The summed E-state index contributed by atoms with van der Waals surface area (Å²) >= 11 is 0. The second-order valence-corrected chi connectivity index (χ2v) is 9.55. The highest BCUT2D eigenvalue weighted by molar-refractivity contribution is 7.88. The molecule has 0 aliphatic carbocycles. The Labute approximate surface area is 150 Å². The van der Waals surface area contributed by atoms with Gasteiger partial charge in [0.2, 0.25) is 15.9 Å². The molecule has 0 saturated carbocycles. The van der Waals surface area contributed by atoms with E-state index in [2.05, 4.69) is 31.3 Å². The quantitative estimate of drug-likeness (QED) is 0.656. The van der Waals surface area contributed by atoms with Crippen molar-refractivity contribution in [2.24, 2.45) is 11.0 Å². The molecule has 1 heterocycles. The molecule has 1 amide bonds. The normalized spacial score (nSPS) is 19.9. The van der Waals surface area contributed by atoms with Gasteiger partial charge in [-0.3, -0.25) is 4.79 Å². The first-order chi connectivity index (χ1) is 11.6. The number of piperidine rings is 1. The number of nitrogens with zero attached hydrogens (tertiary/aromatic N) is 2. The summed E-state index contributed by atoms with van der Waals surface area (Å²) in [6, 6.07) is 8.02. The van der Waals surface area contributed by atoms with Gasteiger partial charge in [0.15, 0.2) is 0 Å². The molecule has 138 valence electrons. The van der Waals surface area contributed by atoms with Gasteiger partial charge in [0.05, 0.1) is 18.4 Å². The summed E-state index contributed by atoms with van der Waals surface area (Å²) in [7, 11) is -3.26. The predicted molar refractivity (Wildman–Crippen MR) is 100 cm³/mol. The second-order valence-electron chi connectivity index (χ2n) is 7.57. The lowest BCUT2D eigenvalue weighted by atomic mass is 9.87. The van der Waals surface area contributed by atoms with Crippen LogP contribution in [0.1, 0.15) is 44.7 Å². The molecule has 25 heavy (non-hydrogen) atoms. The van der Waals surface area contributed by atoms with Crippen molar-refractivity contribution in [3.05, 3.63) is 35.4 Å². The summed E-state index contributed by atoms with van der Waals surface area (Å²) in [4.78, 5) is 12.2. The third-order valence-corrected chi connectivity index (χ3v) is 5.66. The lowest BCUT2D eigenvalue weighted by Gasteiger charge is -2.29. The van der Waals surface area contributed by atoms with Crippen LogP contribution in [0.2, 0.25) is 0 Å². The average molecular weight is 365 g/mol. The number of hydrogen-bond donors (Lipinski definition) is 1. The molecule has 1 aromatic carbocycles. The van der Waals surface area contributed by atoms with E-state index in [0.717, 1.165) is 5.56 Å². The van der Waals surface area contributed by atoms with E-state index in [9.17, 15) is 13.2 Å². The number of hydrazone groups is 1. The molecule has 0 unspecified atom stereocenters. The fourth-order valence-electron chi connectivity index (χ4n) is 2.79. The number of sulfonamides is 1. The van der Waals surface area contributed by atoms with Gasteiger partial charge < -0.3 is 0 Å². The van der Waals surface area contributed by atoms with Crippen LogP contribution in [0.5, 0.6) is 0 Å². The first kappa shape index (κ1) is 19.6. The Balaban J connectivity index is 1.92. The molecule has 1 saturated heterocycles. The van der Waals surface area contributed by atoms with E-state index in [-0.39, 0.29) is 23.8 Å². The predicted octanol–water partition coefficient (Wildman–Crippen LogP) is 2.11. The van der Waals surface area contributed by atoms with Gasteiger partial charge in [-0.25, -0.2) is 18.1 Å².